The highest BCUT2D eigenvalue weighted by Gasteiger charge is 2.19. The molecular formula is C20H15FN3O2+. The van der Waals surface area contributed by atoms with Crippen LogP contribution in [-0.2, 0) is 6.54 Å². The van der Waals surface area contributed by atoms with E-state index in [4.69, 9.17) is 0 Å². The van der Waals surface area contributed by atoms with Crippen LogP contribution in [0, 0.1) is 5.82 Å². The Morgan fingerprint density at radius 1 is 0.962 bits per heavy atom. The number of benzene rings is 2. The molecular weight excluding hydrogens is 333 g/mol. The summed E-state index contributed by atoms with van der Waals surface area (Å²) in [5, 5.41) is 0.356. The predicted octanol–water partition coefficient (Wildman–Crippen LogP) is 2.36. The fraction of sp³-hybridized carbons (Fsp3) is 0.0500. The maximum atomic E-state index is 13.2. The molecule has 0 radical (unpaired) electrons. The van der Waals surface area contributed by atoms with E-state index in [0.717, 1.165) is 5.56 Å². The molecule has 6 heteroatoms. The topological polar surface area (TPSA) is 69.0 Å². The summed E-state index contributed by atoms with van der Waals surface area (Å²) >= 11 is 0. The third kappa shape index (κ3) is 2.82. The predicted molar refractivity (Wildman–Crippen MR) is 96.3 cm³/mol. The molecule has 0 spiro atoms. The molecule has 0 fully saturated rings. The zero-order chi connectivity index (χ0) is 18.1. The Kier molecular flexibility index (Phi) is 3.93. The van der Waals surface area contributed by atoms with E-state index in [-0.39, 0.29) is 5.82 Å². The summed E-state index contributed by atoms with van der Waals surface area (Å²) in [6.07, 6.45) is 1.67. The third-order valence-corrected chi connectivity index (χ3v) is 4.28. The molecule has 2 N–H and O–H groups in total. The van der Waals surface area contributed by atoms with Crippen LogP contribution in [0.15, 0.2) is 76.4 Å². The second-order valence-corrected chi connectivity index (χ2v) is 5.95. The molecule has 128 valence electrons. The molecule has 0 amide bonds. The van der Waals surface area contributed by atoms with Gasteiger partial charge in [-0.25, -0.2) is 14.2 Å². The van der Waals surface area contributed by atoms with Gasteiger partial charge in [0.25, 0.3) is 11.2 Å². The second kappa shape index (κ2) is 6.40. The van der Waals surface area contributed by atoms with Crippen molar-refractivity contribution in [1.82, 2.24) is 9.55 Å². The first-order valence-electron chi connectivity index (χ1n) is 8.11. The Morgan fingerprint density at radius 2 is 1.69 bits per heavy atom. The average Bonchev–Trinajstić information content (AvgIpc) is 2.66. The highest BCUT2D eigenvalue weighted by Crippen LogP contribution is 2.23. The summed E-state index contributed by atoms with van der Waals surface area (Å²) in [5.41, 5.74) is 1.71. The zero-order valence-electron chi connectivity index (χ0n) is 13.7. The van der Waals surface area contributed by atoms with Crippen LogP contribution < -0.4 is 16.2 Å². The van der Waals surface area contributed by atoms with Gasteiger partial charge >= 0.3 is 5.69 Å². The number of nitrogens with one attached hydrogen (secondary N) is 2. The minimum atomic E-state index is -0.487. The molecule has 2 aromatic carbocycles. The number of rotatable bonds is 3. The van der Waals surface area contributed by atoms with Gasteiger partial charge in [-0.3, -0.25) is 9.78 Å². The summed E-state index contributed by atoms with van der Waals surface area (Å²) in [5.74, 6) is -0.351. The molecule has 0 unspecified atom stereocenters. The smallest absolute Gasteiger partial charge is 0.268 e. The largest absolute Gasteiger partial charge is 0.416 e. The zero-order valence-corrected chi connectivity index (χ0v) is 13.7. The van der Waals surface area contributed by atoms with Crippen molar-refractivity contribution in [3.63, 3.8) is 0 Å². The SMILES string of the molecule is O=c1[nH]c(=O)n(Cc2ccccc2)c2[nH+]ccc(-c3ccc(F)cc3)c12. The van der Waals surface area contributed by atoms with E-state index in [1.54, 1.807) is 24.4 Å². The maximum absolute atomic E-state index is 13.2. The molecule has 0 saturated heterocycles. The number of hydrogen-bond donors (Lipinski definition) is 1. The van der Waals surface area contributed by atoms with Gasteiger partial charge in [-0.05, 0) is 29.3 Å². The number of aromatic amines is 2. The molecule has 0 bridgehead atoms. The van der Waals surface area contributed by atoms with Crippen molar-refractivity contribution < 1.29 is 9.37 Å². The fourth-order valence-corrected chi connectivity index (χ4v) is 3.05. The first kappa shape index (κ1) is 16.0. The van der Waals surface area contributed by atoms with E-state index < -0.39 is 11.2 Å². The molecule has 4 aromatic rings. The lowest BCUT2D eigenvalue weighted by molar-refractivity contribution is -0.349. The molecule has 2 heterocycles. The van der Waals surface area contributed by atoms with Crippen LogP contribution in [-0.4, -0.2) is 9.55 Å². The van der Waals surface area contributed by atoms with Crippen molar-refractivity contribution in [2.75, 3.05) is 0 Å². The lowest BCUT2D eigenvalue weighted by Gasteiger charge is -2.06. The molecule has 0 aliphatic rings. The number of halogens is 1. The normalized spacial score (nSPS) is 11.0. The van der Waals surface area contributed by atoms with Crippen molar-refractivity contribution in [3.05, 3.63) is 99.1 Å². The minimum absolute atomic E-state index is 0.316. The highest BCUT2D eigenvalue weighted by molar-refractivity contribution is 5.90. The van der Waals surface area contributed by atoms with Gasteiger partial charge in [-0.2, -0.15) is 4.57 Å². The number of nitrogens with zero attached hydrogens (tertiary/aromatic N) is 1. The van der Waals surface area contributed by atoms with Gasteiger partial charge in [0.2, 0.25) is 0 Å². The van der Waals surface area contributed by atoms with Gasteiger partial charge in [0.1, 0.15) is 17.7 Å². The van der Waals surface area contributed by atoms with E-state index in [1.165, 1.54) is 16.7 Å². The Labute approximate surface area is 147 Å². The number of fused-ring (bicyclic) bond motifs is 1. The summed E-state index contributed by atoms with van der Waals surface area (Å²) in [6, 6.07) is 17.1. The molecule has 2 aromatic heterocycles. The van der Waals surface area contributed by atoms with E-state index in [2.05, 4.69) is 9.97 Å². The van der Waals surface area contributed by atoms with Crippen molar-refractivity contribution in [2.45, 2.75) is 6.54 Å². The summed E-state index contributed by atoms with van der Waals surface area (Å²) in [6.45, 7) is 0.316. The maximum Gasteiger partial charge on any atom is 0.416 e. The van der Waals surface area contributed by atoms with Crippen molar-refractivity contribution in [3.8, 4) is 11.1 Å². The monoisotopic (exact) mass is 348 g/mol. The van der Waals surface area contributed by atoms with Crippen LogP contribution in [0.3, 0.4) is 0 Å². The Balaban J connectivity index is 1.97. The summed E-state index contributed by atoms with van der Waals surface area (Å²) < 4.78 is 14.7. The van der Waals surface area contributed by atoms with E-state index in [9.17, 15) is 14.0 Å². The fourth-order valence-electron chi connectivity index (χ4n) is 3.05. The van der Waals surface area contributed by atoms with E-state index in [1.807, 2.05) is 30.3 Å². The van der Waals surface area contributed by atoms with Gasteiger partial charge < -0.3 is 0 Å². The van der Waals surface area contributed by atoms with Gasteiger partial charge in [0.05, 0.1) is 6.20 Å². The summed E-state index contributed by atoms with van der Waals surface area (Å²) in [7, 11) is 0. The first-order valence-corrected chi connectivity index (χ1v) is 8.11. The van der Waals surface area contributed by atoms with Crippen LogP contribution in [0.1, 0.15) is 5.56 Å². The standard InChI is InChI=1S/C20H14FN3O2/c21-15-8-6-14(7-9-15)16-10-11-22-18-17(16)19(25)23-20(26)24(18)12-13-4-2-1-3-5-13/h1-11H,12H2,(H,23,25,26)/p+1. The molecule has 5 nitrogen and oxygen atoms in total. The van der Waals surface area contributed by atoms with Crippen molar-refractivity contribution in [2.24, 2.45) is 0 Å². The molecule has 26 heavy (non-hydrogen) atoms. The number of hydrogen-bond acceptors (Lipinski definition) is 2. The highest BCUT2D eigenvalue weighted by atomic mass is 19.1. The van der Waals surface area contributed by atoms with Crippen LogP contribution >= 0.6 is 0 Å². The Hall–Kier alpha value is -3.54. The number of aromatic nitrogens is 3. The third-order valence-electron chi connectivity index (χ3n) is 4.28. The molecule has 0 atom stereocenters. The molecule has 0 saturated carbocycles. The molecule has 0 aliphatic heterocycles. The van der Waals surface area contributed by atoms with Gasteiger partial charge in [0, 0.05) is 5.56 Å². The van der Waals surface area contributed by atoms with E-state index >= 15 is 0 Å². The quantitative estimate of drug-likeness (QED) is 0.617. The molecule has 4 rings (SSSR count). The Bertz CT molecular complexity index is 1200. The second-order valence-electron chi connectivity index (χ2n) is 5.95. The summed E-state index contributed by atoms with van der Waals surface area (Å²) in [4.78, 5) is 30.3. The lowest BCUT2D eigenvalue weighted by atomic mass is 10.0. The van der Waals surface area contributed by atoms with Crippen LogP contribution in [0.2, 0.25) is 0 Å². The lowest BCUT2D eigenvalue weighted by Crippen LogP contribution is -2.34. The van der Waals surface area contributed by atoms with Gasteiger partial charge in [0.15, 0.2) is 0 Å². The van der Waals surface area contributed by atoms with Crippen LogP contribution in [0.4, 0.5) is 4.39 Å². The van der Waals surface area contributed by atoms with Gasteiger partial charge in [-0.15, -0.1) is 0 Å². The molecule has 0 aliphatic carbocycles. The Morgan fingerprint density at radius 3 is 2.42 bits per heavy atom. The first-order chi connectivity index (χ1) is 12.6. The van der Waals surface area contributed by atoms with Crippen molar-refractivity contribution in [1.29, 1.82) is 0 Å². The number of H-pyrrole nitrogens is 2. The average molecular weight is 348 g/mol. The number of pyridine rings is 1. The van der Waals surface area contributed by atoms with Crippen molar-refractivity contribution >= 4 is 11.0 Å². The minimum Gasteiger partial charge on any atom is -0.268 e. The van der Waals surface area contributed by atoms with Crippen LogP contribution in [0.25, 0.3) is 22.2 Å². The van der Waals surface area contributed by atoms with Gasteiger partial charge in [-0.1, -0.05) is 42.5 Å². The van der Waals surface area contributed by atoms with Crippen LogP contribution in [0.5, 0.6) is 0 Å². The van der Waals surface area contributed by atoms with E-state index in [0.29, 0.717) is 28.7 Å².